The predicted octanol–water partition coefficient (Wildman–Crippen LogP) is 3.71. The van der Waals surface area contributed by atoms with Crippen LogP contribution in [0.15, 0.2) is 55.0 Å². The molecule has 4 rings (SSSR count). The van der Waals surface area contributed by atoms with E-state index in [1.165, 1.54) is 6.42 Å². The summed E-state index contributed by atoms with van der Waals surface area (Å²) in [5, 5.41) is 4.43. The summed E-state index contributed by atoms with van der Waals surface area (Å²) in [7, 11) is 0. The summed E-state index contributed by atoms with van der Waals surface area (Å²) in [6.07, 6.45) is 8.82. The molecule has 0 saturated carbocycles. The van der Waals surface area contributed by atoms with E-state index in [9.17, 15) is 0 Å². The molecule has 0 radical (unpaired) electrons. The van der Waals surface area contributed by atoms with Crippen LogP contribution in [0.25, 0.3) is 22.6 Å². The lowest BCUT2D eigenvalue weighted by Crippen LogP contribution is -2.19. The number of hydrogen-bond donors (Lipinski definition) is 0. The minimum atomic E-state index is 0.0162. The fourth-order valence-corrected chi connectivity index (χ4v) is 2.89. The van der Waals surface area contributed by atoms with Crippen LogP contribution >= 0.6 is 0 Å². The van der Waals surface area contributed by atoms with Crippen molar-refractivity contribution < 1.29 is 4.74 Å². The zero-order valence-electron chi connectivity index (χ0n) is 12.8. The Morgan fingerprint density at radius 2 is 1.78 bits per heavy atom. The van der Waals surface area contributed by atoms with Crippen LogP contribution in [0.5, 0.6) is 0 Å². The molecular formula is C18H18N4O. The minimum Gasteiger partial charge on any atom is -0.356 e. The van der Waals surface area contributed by atoms with Gasteiger partial charge in [-0.15, -0.1) is 0 Å². The highest BCUT2D eigenvalue weighted by Crippen LogP contribution is 2.28. The van der Waals surface area contributed by atoms with Gasteiger partial charge in [0, 0.05) is 36.3 Å². The molecule has 2 aromatic heterocycles. The Balaban J connectivity index is 1.63. The lowest BCUT2D eigenvalue weighted by Gasteiger charge is -2.24. The molecule has 1 aliphatic rings. The second kappa shape index (κ2) is 6.30. The van der Waals surface area contributed by atoms with Gasteiger partial charge in [-0.3, -0.25) is 0 Å². The van der Waals surface area contributed by atoms with Crippen LogP contribution in [-0.4, -0.2) is 26.4 Å². The maximum Gasteiger partial charge on any atom is 0.159 e. The van der Waals surface area contributed by atoms with E-state index in [1.807, 2.05) is 53.5 Å². The lowest BCUT2D eigenvalue weighted by molar-refractivity contribution is -0.0383. The van der Waals surface area contributed by atoms with Crippen molar-refractivity contribution in [1.82, 2.24) is 19.7 Å². The van der Waals surface area contributed by atoms with Gasteiger partial charge in [0.1, 0.15) is 0 Å². The molecule has 3 heterocycles. The molecule has 3 aromatic rings. The summed E-state index contributed by atoms with van der Waals surface area (Å²) in [6, 6.07) is 12.0. The SMILES string of the molecule is c1ccc(-c2ncc(-c3ccnn3C3CCCCO3)cn2)cc1. The molecule has 5 nitrogen and oxygen atoms in total. The van der Waals surface area contributed by atoms with Gasteiger partial charge >= 0.3 is 0 Å². The summed E-state index contributed by atoms with van der Waals surface area (Å²) < 4.78 is 7.78. The van der Waals surface area contributed by atoms with E-state index in [1.54, 1.807) is 6.20 Å². The number of nitrogens with zero attached hydrogens (tertiary/aromatic N) is 4. The Kier molecular flexibility index (Phi) is 3.86. The van der Waals surface area contributed by atoms with E-state index in [0.29, 0.717) is 0 Å². The molecule has 0 bridgehead atoms. The van der Waals surface area contributed by atoms with Gasteiger partial charge in [0.05, 0.1) is 5.69 Å². The third-order valence-corrected chi connectivity index (χ3v) is 4.08. The van der Waals surface area contributed by atoms with Gasteiger partial charge < -0.3 is 4.74 Å². The highest BCUT2D eigenvalue weighted by atomic mass is 16.5. The third-order valence-electron chi connectivity index (χ3n) is 4.08. The van der Waals surface area contributed by atoms with Crippen LogP contribution in [0.3, 0.4) is 0 Å². The fourth-order valence-electron chi connectivity index (χ4n) is 2.89. The molecule has 0 amide bonds. The topological polar surface area (TPSA) is 52.8 Å². The Morgan fingerprint density at radius 3 is 2.52 bits per heavy atom. The highest BCUT2D eigenvalue weighted by Gasteiger charge is 2.19. The molecule has 1 unspecified atom stereocenters. The van der Waals surface area contributed by atoms with Gasteiger partial charge in [-0.2, -0.15) is 5.10 Å². The lowest BCUT2D eigenvalue weighted by atomic mass is 10.1. The predicted molar refractivity (Wildman–Crippen MR) is 87.5 cm³/mol. The van der Waals surface area contributed by atoms with Crippen molar-refractivity contribution in [1.29, 1.82) is 0 Å². The summed E-state index contributed by atoms with van der Waals surface area (Å²) in [6.45, 7) is 0.799. The molecule has 116 valence electrons. The van der Waals surface area contributed by atoms with Crippen LogP contribution in [0, 0.1) is 0 Å². The van der Waals surface area contributed by atoms with Gasteiger partial charge in [-0.1, -0.05) is 30.3 Å². The van der Waals surface area contributed by atoms with Crippen LogP contribution in [0.1, 0.15) is 25.5 Å². The number of aromatic nitrogens is 4. The molecule has 23 heavy (non-hydrogen) atoms. The molecule has 1 aromatic carbocycles. The third kappa shape index (κ3) is 2.87. The summed E-state index contributed by atoms with van der Waals surface area (Å²) in [5.74, 6) is 0.731. The molecule has 5 heteroatoms. The normalized spacial score (nSPS) is 18.0. The van der Waals surface area contributed by atoms with Crippen molar-refractivity contribution in [2.45, 2.75) is 25.5 Å². The fraction of sp³-hybridized carbons (Fsp3) is 0.278. The van der Waals surface area contributed by atoms with Crippen molar-refractivity contribution >= 4 is 0 Å². The maximum absolute atomic E-state index is 5.84. The van der Waals surface area contributed by atoms with Crippen LogP contribution in [-0.2, 0) is 4.74 Å². The van der Waals surface area contributed by atoms with E-state index in [0.717, 1.165) is 42.1 Å². The van der Waals surface area contributed by atoms with E-state index in [4.69, 9.17) is 4.74 Å². The average Bonchev–Trinajstić information content (AvgIpc) is 3.13. The molecule has 0 spiro atoms. The Morgan fingerprint density at radius 1 is 0.957 bits per heavy atom. The first-order chi connectivity index (χ1) is 11.4. The van der Waals surface area contributed by atoms with Gasteiger partial charge in [0.15, 0.2) is 12.1 Å². The van der Waals surface area contributed by atoms with Gasteiger partial charge in [0.2, 0.25) is 0 Å². The minimum absolute atomic E-state index is 0.0162. The monoisotopic (exact) mass is 306 g/mol. The van der Waals surface area contributed by atoms with Crippen molar-refractivity contribution in [3.8, 4) is 22.6 Å². The smallest absolute Gasteiger partial charge is 0.159 e. The number of rotatable bonds is 3. The second-order valence-electron chi connectivity index (χ2n) is 5.64. The standard InChI is InChI=1S/C18H18N4O/c1-2-6-14(7-3-1)18-19-12-15(13-20-18)16-9-10-21-22(16)17-8-4-5-11-23-17/h1-3,6-7,9-10,12-13,17H,4-5,8,11H2. The largest absolute Gasteiger partial charge is 0.356 e. The summed E-state index contributed by atoms with van der Waals surface area (Å²) in [5.41, 5.74) is 2.97. The van der Waals surface area contributed by atoms with Crippen LogP contribution in [0.4, 0.5) is 0 Å². The maximum atomic E-state index is 5.84. The zero-order valence-corrected chi connectivity index (χ0v) is 12.8. The van der Waals surface area contributed by atoms with E-state index < -0.39 is 0 Å². The van der Waals surface area contributed by atoms with Crippen molar-refractivity contribution in [3.63, 3.8) is 0 Å². The van der Waals surface area contributed by atoms with Gasteiger partial charge in [-0.05, 0) is 25.3 Å². The van der Waals surface area contributed by atoms with Crippen molar-refractivity contribution in [2.75, 3.05) is 6.61 Å². The quantitative estimate of drug-likeness (QED) is 0.740. The Labute approximate surface area is 135 Å². The second-order valence-corrected chi connectivity index (χ2v) is 5.64. The molecule has 1 atom stereocenters. The van der Waals surface area contributed by atoms with E-state index in [-0.39, 0.29) is 6.23 Å². The first-order valence-electron chi connectivity index (χ1n) is 7.95. The molecular weight excluding hydrogens is 288 g/mol. The average molecular weight is 306 g/mol. The molecule has 0 aliphatic carbocycles. The Hall–Kier alpha value is -2.53. The van der Waals surface area contributed by atoms with Crippen LogP contribution < -0.4 is 0 Å². The first kappa shape index (κ1) is 14.1. The number of hydrogen-bond acceptors (Lipinski definition) is 4. The highest BCUT2D eigenvalue weighted by molar-refractivity contribution is 5.60. The summed E-state index contributed by atoms with van der Waals surface area (Å²) in [4.78, 5) is 9.00. The first-order valence-corrected chi connectivity index (χ1v) is 7.95. The Bertz CT molecular complexity index is 761. The molecule has 1 fully saturated rings. The summed E-state index contributed by atoms with van der Waals surface area (Å²) >= 11 is 0. The van der Waals surface area contributed by atoms with Gasteiger partial charge in [0.25, 0.3) is 0 Å². The molecule has 0 N–H and O–H groups in total. The number of ether oxygens (including phenoxy) is 1. The van der Waals surface area contributed by atoms with E-state index >= 15 is 0 Å². The van der Waals surface area contributed by atoms with Crippen molar-refractivity contribution in [2.24, 2.45) is 0 Å². The zero-order chi connectivity index (χ0) is 15.5. The molecule has 1 aliphatic heterocycles. The van der Waals surface area contributed by atoms with Gasteiger partial charge in [-0.25, -0.2) is 14.6 Å². The number of benzene rings is 1. The molecule has 1 saturated heterocycles. The van der Waals surface area contributed by atoms with E-state index in [2.05, 4.69) is 15.1 Å². The van der Waals surface area contributed by atoms with Crippen molar-refractivity contribution in [3.05, 3.63) is 55.0 Å². The van der Waals surface area contributed by atoms with Crippen LogP contribution in [0.2, 0.25) is 0 Å².